The fraction of sp³-hybridized carbons (Fsp3) is 0.125. The second-order valence-corrected chi connectivity index (χ2v) is 11.5. The lowest BCUT2D eigenvalue weighted by atomic mass is 10.1. The van der Waals surface area contributed by atoms with Gasteiger partial charge in [0.25, 0.3) is 5.56 Å². The highest BCUT2D eigenvalue weighted by Gasteiger charge is 2.21. The number of fused-ring (bicyclic) bond motifs is 3. The van der Waals surface area contributed by atoms with Gasteiger partial charge in [0, 0.05) is 18.2 Å². The van der Waals surface area contributed by atoms with Crippen LogP contribution in [0.25, 0.3) is 49.0 Å². The lowest BCUT2D eigenvalue weighted by molar-refractivity contribution is -0.114. The van der Waals surface area contributed by atoms with Crippen molar-refractivity contribution >= 4 is 60.2 Å². The van der Waals surface area contributed by atoms with Crippen molar-refractivity contribution in [2.24, 2.45) is 0 Å². The number of nitrogens with one attached hydrogen (secondary N) is 1. The molecular formula is C32H26N8O2S. The van der Waals surface area contributed by atoms with Crippen molar-refractivity contribution in [3.63, 3.8) is 0 Å². The van der Waals surface area contributed by atoms with Gasteiger partial charge in [0.05, 0.1) is 33.2 Å². The Bertz CT molecular complexity index is 2300. The van der Waals surface area contributed by atoms with Gasteiger partial charge in [0.1, 0.15) is 17.8 Å². The van der Waals surface area contributed by atoms with Gasteiger partial charge in [-0.05, 0) is 54.6 Å². The number of nitrogens with two attached hydrogens (primary N) is 1. The molecule has 0 aliphatic heterocycles. The van der Waals surface area contributed by atoms with E-state index in [1.807, 2.05) is 80.6 Å². The van der Waals surface area contributed by atoms with Gasteiger partial charge < -0.3 is 11.1 Å². The molecule has 0 saturated heterocycles. The Hall–Kier alpha value is -5.42. The Balaban J connectivity index is 1.43. The predicted octanol–water partition coefficient (Wildman–Crippen LogP) is 5.61. The number of benzene rings is 3. The molecule has 0 saturated carbocycles. The molecule has 0 unspecified atom stereocenters. The Morgan fingerprint density at radius 2 is 1.79 bits per heavy atom. The zero-order chi connectivity index (χ0) is 29.8. The van der Waals surface area contributed by atoms with Gasteiger partial charge in [0.15, 0.2) is 10.8 Å². The molecule has 11 heteroatoms. The minimum atomic E-state index is -0.179. The smallest absolute Gasteiger partial charge is 0.263 e. The van der Waals surface area contributed by atoms with E-state index in [0.717, 1.165) is 43.7 Å². The number of amides is 1. The summed E-state index contributed by atoms with van der Waals surface area (Å²) in [6.07, 6.45) is 1.42. The minimum absolute atomic E-state index is 0.0883. The Labute approximate surface area is 249 Å². The molecule has 0 fully saturated rings. The van der Waals surface area contributed by atoms with E-state index in [0.29, 0.717) is 33.1 Å². The Morgan fingerprint density at radius 1 is 0.977 bits per heavy atom. The second-order valence-electron chi connectivity index (χ2n) is 10.4. The number of hydrogen-bond acceptors (Lipinski definition) is 8. The fourth-order valence-corrected chi connectivity index (χ4v) is 6.45. The molecule has 7 aromatic rings. The van der Waals surface area contributed by atoms with E-state index in [9.17, 15) is 9.59 Å². The molecule has 0 radical (unpaired) electrons. The number of aromatic nitrogens is 6. The molecule has 1 amide bonds. The highest BCUT2D eigenvalue weighted by molar-refractivity contribution is 7.22. The summed E-state index contributed by atoms with van der Waals surface area (Å²) in [6, 6.07) is 21.6. The third-order valence-electron chi connectivity index (χ3n) is 7.50. The highest BCUT2D eigenvalue weighted by atomic mass is 32.1. The molecule has 0 aliphatic carbocycles. The third-order valence-corrected chi connectivity index (χ3v) is 8.45. The number of anilines is 2. The van der Waals surface area contributed by atoms with Crippen molar-refractivity contribution < 1.29 is 4.79 Å². The van der Waals surface area contributed by atoms with Crippen LogP contribution in [-0.4, -0.2) is 35.2 Å². The van der Waals surface area contributed by atoms with Crippen molar-refractivity contribution in [1.82, 2.24) is 29.3 Å². The van der Waals surface area contributed by atoms with E-state index < -0.39 is 0 Å². The number of rotatable bonds is 5. The largest absolute Gasteiger partial charge is 0.383 e. The topological polar surface area (TPSA) is 134 Å². The van der Waals surface area contributed by atoms with Gasteiger partial charge >= 0.3 is 0 Å². The van der Waals surface area contributed by atoms with Crippen LogP contribution in [0.5, 0.6) is 0 Å². The summed E-state index contributed by atoms with van der Waals surface area (Å²) in [4.78, 5) is 39.0. The summed E-state index contributed by atoms with van der Waals surface area (Å²) in [5, 5.41) is 10.4. The number of thiazole rings is 1. The van der Waals surface area contributed by atoms with E-state index in [4.69, 9.17) is 10.8 Å². The molecule has 7 rings (SSSR count). The van der Waals surface area contributed by atoms with Crippen molar-refractivity contribution in [2.75, 3.05) is 11.1 Å². The van der Waals surface area contributed by atoms with Gasteiger partial charge in [-0.15, -0.1) is 0 Å². The van der Waals surface area contributed by atoms with Crippen LogP contribution >= 0.6 is 11.3 Å². The minimum Gasteiger partial charge on any atom is -0.383 e. The molecule has 4 aromatic heterocycles. The van der Waals surface area contributed by atoms with Gasteiger partial charge in [-0.2, -0.15) is 5.10 Å². The first-order chi connectivity index (χ1) is 20.8. The summed E-state index contributed by atoms with van der Waals surface area (Å²) < 4.78 is 4.46. The maximum absolute atomic E-state index is 14.1. The van der Waals surface area contributed by atoms with E-state index in [1.54, 1.807) is 9.25 Å². The van der Waals surface area contributed by atoms with E-state index in [-0.39, 0.29) is 18.0 Å². The quantitative estimate of drug-likeness (QED) is 0.268. The normalized spacial score (nSPS) is 11.5. The van der Waals surface area contributed by atoms with Gasteiger partial charge in [-0.25, -0.2) is 19.6 Å². The molecule has 3 N–H and O–H groups in total. The van der Waals surface area contributed by atoms with Crippen LogP contribution in [0.3, 0.4) is 0 Å². The van der Waals surface area contributed by atoms with Crippen LogP contribution < -0.4 is 16.6 Å². The molecule has 0 atom stereocenters. The molecule has 3 aromatic carbocycles. The Morgan fingerprint density at radius 3 is 2.60 bits per heavy atom. The summed E-state index contributed by atoms with van der Waals surface area (Å²) in [5.74, 6) is 0.121. The van der Waals surface area contributed by atoms with Crippen LogP contribution in [0.15, 0.2) is 77.9 Å². The van der Waals surface area contributed by atoms with Crippen LogP contribution in [0.4, 0.5) is 10.9 Å². The van der Waals surface area contributed by atoms with Crippen LogP contribution in [0.2, 0.25) is 0 Å². The lowest BCUT2D eigenvalue weighted by Gasteiger charge is -2.17. The number of aryl methyl sites for hydroxylation is 2. The van der Waals surface area contributed by atoms with E-state index >= 15 is 0 Å². The standard InChI is InChI=1S/C32H26N8O2S/c1-17-7-4-5-10-24(17)40-22(13-20-9-6-8-18(2)26(20)31(40)42)15-39-30-27(29(33)34-16-35-30)28(38-39)21-11-12-25-23(14-21)37-32(43-25)36-19(3)41/h4-14,16H,15H2,1-3H3,(H2,33,34,35)(H,36,37,41). The summed E-state index contributed by atoms with van der Waals surface area (Å²) in [6.45, 7) is 5.66. The summed E-state index contributed by atoms with van der Waals surface area (Å²) in [7, 11) is 0. The zero-order valence-corrected chi connectivity index (χ0v) is 24.4. The first kappa shape index (κ1) is 26.5. The molecule has 10 nitrogen and oxygen atoms in total. The molecule has 0 spiro atoms. The van der Waals surface area contributed by atoms with Crippen molar-refractivity contribution in [3.8, 4) is 16.9 Å². The van der Waals surface area contributed by atoms with Gasteiger partial charge in [-0.1, -0.05) is 53.8 Å². The maximum Gasteiger partial charge on any atom is 0.263 e. The predicted molar refractivity (Wildman–Crippen MR) is 171 cm³/mol. The van der Waals surface area contributed by atoms with E-state index in [2.05, 4.69) is 20.3 Å². The number of nitrogen functional groups attached to an aromatic ring is 1. The zero-order valence-electron chi connectivity index (χ0n) is 23.6. The first-order valence-corrected chi connectivity index (χ1v) is 14.5. The molecular weight excluding hydrogens is 560 g/mol. The number of para-hydroxylation sites is 1. The lowest BCUT2D eigenvalue weighted by Crippen LogP contribution is -2.25. The third kappa shape index (κ3) is 4.50. The Kier molecular flexibility index (Phi) is 6.24. The fourth-order valence-electron chi connectivity index (χ4n) is 5.56. The van der Waals surface area contributed by atoms with Crippen LogP contribution in [-0.2, 0) is 11.3 Å². The van der Waals surface area contributed by atoms with Crippen LogP contribution in [0.1, 0.15) is 23.7 Å². The van der Waals surface area contributed by atoms with Gasteiger partial charge in [-0.3, -0.25) is 14.2 Å². The number of carbonyl (C=O) groups is 1. The number of pyridine rings is 1. The number of hydrogen-bond donors (Lipinski definition) is 2. The molecule has 212 valence electrons. The second kappa shape index (κ2) is 10.1. The molecule has 4 heterocycles. The molecule has 0 aliphatic rings. The number of nitrogens with zero attached hydrogens (tertiary/aromatic N) is 6. The van der Waals surface area contributed by atoms with E-state index in [1.165, 1.54) is 24.6 Å². The molecule has 0 bridgehead atoms. The van der Waals surface area contributed by atoms with Crippen molar-refractivity contribution in [1.29, 1.82) is 0 Å². The van der Waals surface area contributed by atoms with Crippen LogP contribution in [0, 0.1) is 13.8 Å². The highest BCUT2D eigenvalue weighted by Crippen LogP contribution is 2.34. The SMILES string of the molecule is CC(=O)Nc1nc2cc(-c3nn(Cc4cc5cccc(C)c5c(=O)n4-c4ccccc4C)c4ncnc(N)c34)ccc2s1. The number of carbonyl (C=O) groups excluding carboxylic acids is 1. The summed E-state index contributed by atoms with van der Waals surface area (Å²) in [5.41, 5.74) is 12.4. The molecule has 43 heavy (non-hydrogen) atoms. The average molecular weight is 587 g/mol. The first-order valence-electron chi connectivity index (χ1n) is 13.6. The maximum atomic E-state index is 14.1. The van der Waals surface area contributed by atoms with Crippen molar-refractivity contribution in [2.45, 2.75) is 27.3 Å². The average Bonchev–Trinajstić information content (AvgIpc) is 3.54. The summed E-state index contributed by atoms with van der Waals surface area (Å²) >= 11 is 1.40. The monoisotopic (exact) mass is 586 g/mol. The van der Waals surface area contributed by atoms with Gasteiger partial charge in [0.2, 0.25) is 5.91 Å². The van der Waals surface area contributed by atoms with Crippen molar-refractivity contribution in [3.05, 3.63) is 100 Å².